The van der Waals surface area contributed by atoms with Crippen LogP contribution in [-0.4, -0.2) is 101 Å². The SMILES string of the molecule is Cc1cc(N)nc(N2CCC(F)(F)CC2)n1.Cc1cc(NC(=O)c2ccc(I)cc2N2CCC3(CC2)CC3)nc(N2CCC(F)(F)CC2)n1.O=C(O)c1ccc(I)cc1N1CCC2(CC1)CC2. The predicted molar refractivity (Wildman–Crippen MR) is 270 cm³/mol. The van der Waals surface area contributed by atoms with Gasteiger partial charge in [-0.1, -0.05) is 0 Å². The second-order valence-corrected chi connectivity index (χ2v) is 21.7. The molecule has 6 fully saturated rings. The predicted octanol–water partition coefficient (Wildman–Crippen LogP) is 10.2. The molecule has 2 spiro atoms. The van der Waals surface area contributed by atoms with Crippen LogP contribution in [0.5, 0.6) is 0 Å². The lowest BCUT2D eigenvalue weighted by atomic mass is 9.93. The zero-order chi connectivity index (χ0) is 47.7. The number of aromatic nitrogens is 4. The third kappa shape index (κ3) is 12.7. The number of piperidine rings is 4. The molecule has 13 nitrogen and oxygen atoms in total. The third-order valence-corrected chi connectivity index (χ3v) is 15.5. The molecular formula is C48H58F4I2N10O3. The first-order valence-corrected chi connectivity index (χ1v) is 25.3. The van der Waals surface area contributed by atoms with E-state index < -0.39 is 17.8 Å². The number of nitrogen functional groups attached to an aromatic ring is 1. The van der Waals surface area contributed by atoms with Crippen molar-refractivity contribution in [2.45, 2.75) is 103 Å². The Bertz CT molecular complexity index is 2410. The van der Waals surface area contributed by atoms with E-state index in [1.807, 2.05) is 31.2 Å². The zero-order valence-electron chi connectivity index (χ0n) is 37.9. The van der Waals surface area contributed by atoms with Gasteiger partial charge in [-0.25, -0.2) is 32.3 Å². The molecule has 4 aromatic rings. The molecule has 67 heavy (non-hydrogen) atoms. The van der Waals surface area contributed by atoms with Crippen LogP contribution in [0, 0.1) is 31.8 Å². The van der Waals surface area contributed by atoms with Gasteiger partial charge in [-0.3, -0.25) is 4.79 Å². The van der Waals surface area contributed by atoms with Gasteiger partial charge in [-0.05, 0) is 158 Å². The van der Waals surface area contributed by atoms with Gasteiger partial charge in [0.25, 0.3) is 17.8 Å². The van der Waals surface area contributed by atoms with E-state index in [4.69, 9.17) is 5.73 Å². The average Bonchev–Trinajstić information content (AvgIpc) is 4.22. The van der Waals surface area contributed by atoms with Gasteiger partial charge in [-0.2, -0.15) is 9.97 Å². The van der Waals surface area contributed by atoms with Crippen LogP contribution in [0.25, 0.3) is 0 Å². The van der Waals surface area contributed by atoms with E-state index in [1.165, 1.54) is 51.4 Å². The van der Waals surface area contributed by atoms with Crippen LogP contribution in [0.1, 0.15) is 109 Å². The Kier molecular flexibility index (Phi) is 14.7. The highest BCUT2D eigenvalue weighted by Crippen LogP contribution is 2.55. The van der Waals surface area contributed by atoms with Crippen molar-refractivity contribution in [1.29, 1.82) is 0 Å². The summed E-state index contributed by atoms with van der Waals surface area (Å²) >= 11 is 4.52. The van der Waals surface area contributed by atoms with Crippen LogP contribution in [0.4, 0.5) is 52.5 Å². The number of anilines is 6. The van der Waals surface area contributed by atoms with Gasteiger partial charge in [0, 0.05) is 109 Å². The molecule has 6 aliphatic rings. The fourth-order valence-electron chi connectivity index (χ4n) is 9.43. The number of aromatic carboxylic acids is 1. The summed E-state index contributed by atoms with van der Waals surface area (Å²) in [4.78, 5) is 49.8. The molecule has 1 amide bonds. The first-order chi connectivity index (χ1) is 31.8. The van der Waals surface area contributed by atoms with Crippen molar-refractivity contribution in [2.24, 2.45) is 10.8 Å². The van der Waals surface area contributed by atoms with E-state index in [1.54, 1.807) is 34.9 Å². The van der Waals surface area contributed by atoms with Crippen LogP contribution >= 0.6 is 45.2 Å². The fourth-order valence-corrected chi connectivity index (χ4v) is 10.4. The summed E-state index contributed by atoms with van der Waals surface area (Å²) < 4.78 is 55.2. The number of rotatable bonds is 7. The Morgan fingerprint density at radius 3 is 1.40 bits per heavy atom. The maximum Gasteiger partial charge on any atom is 0.337 e. The number of amides is 1. The Balaban J connectivity index is 0.000000150. The lowest BCUT2D eigenvalue weighted by molar-refractivity contribution is -0.0229. The minimum atomic E-state index is -2.63. The number of nitrogens with zero attached hydrogens (tertiary/aromatic N) is 8. The number of nitrogens with two attached hydrogens (primary N) is 1. The van der Waals surface area contributed by atoms with Crippen molar-refractivity contribution in [3.63, 3.8) is 0 Å². The molecule has 0 bridgehead atoms. The molecule has 2 aromatic heterocycles. The number of hydrogen-bond donors (Lipinski definition) is 3. The van der Waals surface area contributed by atoms with E-state index in [0.29, 0.717) is 51.2 Å². The number of halogens is 6. The molecule has 4 N–H and O–H groups in total. The molecule has 19 heteroatoms. The largest absolute Gasteiger partial charge is 0.478 e. The minimum Gasteiger partial charge on any atom is -0.478 e. The normalized spacial score (nSPS) is 20.8. The van der Waals surface area contributed by atoms with Gasteiger partial charge in [0.1, 0.15) is 11.6 Å². The van der Waals surface area contributed by atoms with Gasteiger partial charge in [-0.15, -0.1) is 0 Å². The lowest BCUT2D eigenvalue weighted by Gasteiger charge is -2.35. The number of carbonyl (C=O) groups is 2. The number of alkyl halides is 4. The lowest BCUT2D eigenvalue weighted by Crippen LogP contribution is -2.40. The summed E-state index contributed by atoms with van der Waals surface area (Å²) in [6.07, 6.45) is 9.51. The summed E-state index contributed by atoms with van der Waals surface area (Å²) in [5, 5.41) is 12.2. The van der Waals surface area contributed by atoms with Crippen molar-refractivity contribution in [2.75, 3.05) is 83.0 Å². The third-order valence-electron chi connectivity index (χ3n) is 14.1. The van der Waals surface area contributed by atoms with Crippen molar-refractivity contribution in [3.8, 4) is 0 Å². The van der Waals surface area contributed by atoms with Crippen molar-refractivity contribution < 1.29 is 32.3 Å². The van der Waals surface area contributed by atoms with Crippen LogP contribution < -0.4 is 30.7 Å². The number of carboxylic acid groups (broad SMARTS) is 1. The van der Waals surface area contributed by atoms with Crippen molar-refractivity contribution >= 4 is 92.0 Å². The van der Waals surface area contributed by atoms with Crippen LogP contribution in [0.2, 0.25) is 0 Å². The first kappa shape index (κ1) is 49.2. The molecule has 4 aliphatic heterocycles. The van der Waals surface area contributed by atoms with Crippen LogP contribution in [-0.2, 0) is 0 Å². The Labute approximate surface area is 416 Å². The molecule has 0 unspecified atom stereocenters. The molecule has 2 saturated carbocycles. The first-order valence-electron chi connectivity index (χ1n) is 23.1. The van der Waals surface area contributed by atoms with Gasteiger partial charge in [0.2, 0.25) is 11.9 Å². The maximum atomic E-state index is 13.5. The standard InChI is InChI=1S/C24H28F2IN5O.C14H16INO2.C10H14F2N4/c1-16-14-20(30-22(28-16)32-12-8-24(25,26)9-13-32)29-21(33)18-3-2-17(27)15-19(18)31-10-6-23(4-5-23)7-11-31;15-10-1-2-11(13(17)18)12(9-10)16-7-5-14(3-4-14)6-8-16;1-7-6-8(13)15-9(14-7)16-4-2-10(11,12)3-5-16/h2-3,14-15H,4-13H2,1H3,(H,28,29,30,33);1-2,9H,3-8H2,(H,17,18);6H,2-5H2,1H3,(H2,13,14,15). The molecule has 6 heterocycles. The molecular weight excluding hydrogens is 1090 g/mol. The number of carboxylic acids is 1. The van der Waals surface area contributed by atoms with E-state index >= 15 is 0 Å². The quantitative estimate of drug-likeness (QED) is 0.119. The van der Waals surface area contributed by atoms with Crippen molar-refractivity contribution in [3.05, 3.63) is 78.2 Å². The number of benzene rings is 2. The molecule has 0 atom stereocenters. The molecule has 2 aliphatic carbocycles. The molecule has 2 aromatic carbocycles. The highest BCUT2D eigenvalue weighted by Gasteiger charge is 2.46. The number of aryl methyl sites for hydroxylation is 2. The van der Waals surface area contributed by atoms with Gasteiger partial charge in [0.05, 0.1) is 22.5 Å². The Hall–Kier alpha value is -4.28. The van der Waals surface area contributed by atoms with E-state index in [9.17, 15) is 32.3 Å². The second kappa shape index (κ2) is 20.0. The summed E-state index contributed by atoms with van der Waals surface area (Å²) in [5.74, 6) is -4.63. The minimum absolute atomic E-state index is 0.149. The second-order valence-electron chi connectivity index (χ2n) is 19.2. The van der Waals surface area contributed by atoms with Gasteiger partial charge < -0.3 is 35.8 Å². The van der Waals surface area contributed by atoms with Crippen LogP contribution in [0.15, 0.2) is 48.5 Å². The molecule has 0 radical (unpaired) electrons. The summed E-state index contributed by atoms with van der Waals surface area (Å²) in [5.41, 5.74) is 11.1. The summed E-state index contributed by atoms with van der Waals surface area (Å²) in [7, 11) is 0. The van der Waals surface area contributed by atoms with Gasteiger partial charge >= 0.3 is 5.97 Å². The fraction of sp³-hybridized carbons (Fsp3) is 0.542. The number of carbonyl (C=O) groups excluding carboxylic acids is 1. The monoisotopic (exact) mass is 1150 g/mol. The van der Waals surface area contributed by atoms with Crippen LogP contribution in [0.3, 0.4) is 0 Å². The van der Waals surface area contributed by atoms with E-state index in [2.05, 4.69) is 86.3 Å². The maximum absolute atomic E-state index is 13.5. The molecule has 10 rings (SSSR count). The molecule has 4 saturated heterocycles. The smallest absolute Gasteiger partial charge is 0.337 e. The summed E-state index contributed by atoms with van der Waals surface area (Å²) in [6, 6.07) is 14.8. The topological polar surface area (TPSA) is 157 Å². The highest BCUT2D eigenvalue weighted by molar-refractivity contribution is 14.1. The van der Waals surface area contributed by atoms with E-state index in [-0.39, 0.29) is 57.8 Å². The zero-order valence-corrected chi connectivity index (χ0v) is 42.3. The summed E-state index contributed by atoms with van der Waals surface area (Å²) in [6.45, 7) is 8.50. The number of hydrogen-bond acceptors (Lipinski definition) is 11. The van der Waals surface area contributed by atoms with Crippen molar-refractivity contribution in [1.82, 2.24) is 19.9 Å². The van der Waals surface area contributed by atoms with Gasteiger partial charge in [0.15, 0.2) is 0 Å². The highest BCUT2D eigenvalue weighted by atomic mass is 127. The van der Waals surface area contributed by atoms with E-state index in [0.717, 1.165) is 50.4 Å². The average molecular weight is 1150 g/mol. The molecule has 360 valence electrons. The Morgan fingerprint density at radius 2 is 0.970 bits per heavy atom. The number of nitrogens with one attached hydrogen (secondary N) is 1. The Morgan fingerprint density at radius 1 is 0.567 bits per heavy atom.